The number of aromatic amines is 2. The number of carbonyl (C=O) groups excluding carboxylic acids is 1. The third-order valence-corrected chi connectivity index (χ3v) is 21.3. The van der Waals surface area contributed by atoms with Gasteiger partial charge in [0.1, 0.15) is 30.5 Å². The van der Waals surface area contributed by atoms with Crippen molar-refractivity contribution in [1.29, 1.82) is 0 Å². The molecule has 1 amide bonds. The highest BCUT2D eigenvalue weighted by Gasteiger charge is 2.63. The number of aromatic nitrogens is 4. The molecule has 0 radical (unpaired) electrons. The van der Waals surface area contributed by atoms with Gasteiger partial charge in [-0.2, -0.15) is 0 Å². The number of fused-ring (bicyclic) bond motifs is 2. The monoisotopic (exact) mass is 825 g/mol. The molecule has 0 unspecified atom stereocenters. The van der Waals surface area contributed by atoms with E-state index in [0.717, 1.165) is 15.2 Å². The number of aliphatic hydroxyl groups is 1. The standard InChI is InChI=1S/C35H55N5O14Si2/c1-17(2)55(18(3)4)47-16-23-26(53-56(54-55,19(5)6)20(7)8)27(30(49-23)39-12-11-24(42)37-32(39)44)50-34(46)36-13-21-14-40(33(45)38-29(21)43)31-28-25(22(15-41)48-31)51-35(9,10)52-28/h11-12,14,17-20,22-23,25-28,30-31,41H,13,15-16H2,1-10H3,(H,36,46)(H,37,42,44)(H,38,43,45)/t22-,23-,25-,26-,27-,28-,30-,31-/m1/s1. The highest BCUT2D eigenvalue weighted by molar-refractivity contribution is 6.84. The van der Waals surface area contributed by atoms with Gasteiger partial charge in [-0.1, -0.05) is 55.4 Å². The largest absolute Gasteiger partial charge is 0.439 e. The van der Waals surface area contributed by atoms with Gasteiger partial charge in [0.2, 0.25) is 0 Å². The highest BCUT2D eigenvalue weighted by Crippen LogP contribution is 2.49. The minimum atomic E-state index is -3.27. The number of hydrogen-bond donors (Lipinski definition) is 4. The van der Waals surface area contributed by atoms with Crippen LogP contribution in [0.25, 0.3) is 0 Å². The molecule has 6 heterocycles. The Kier molecular flexibility index (Phi) is 12.0. The molecule has 312 valence electrons. The Hall–Kier alpha value is -3.26. The quantitative estimate of drug-likeness (QED) is 0.251. The second-order valence-electron chi connectivity index (χ2n) is 16.5. The van der Waals surface area contributed by atoms with E-state index < -0.39 is 114 Å². The number of nitrogens with one attached hydrogen (secondary N) is 3. The van der Waals surface area contributed by atoms with Gasteiger partial charge in [-0.15, -0.1) is 0 Å². The molecule has 2 aromatic heterocycles. The first kappa shape index (κ1) is 42.4. The van der Waals surface area contributed by atoms with E-state index in [1.54, 1.807) is 13.8 Å². The number of rotatable bonds is 10. The zero-order chi connectivity index (χ0) is 41.1. The summed E-state index contributed by atoms with van der Waals surface area (Å²) in [7, 11) is -6.25. The SMILES string of the molecule is CC(C)[Si]1(C(C)C)OC[C@H]2O[C@@H](n3ccc(=O)[nH]c3=O)[C@H](OC(=O)NCc3cn([C@@H]4O[C@H](CO)[C@H]5OC(C)(C)O[C@H]54)c(=O)[nH]c3=O)[C@@H]2O[Si](C(C)C)(C(C)C)O1. The molecule has 6 rings (SSSR count). The zero-order valence-electron chi connectivity index (χ0n) is 33.4. The highest BCUT2D eigenvalue weighted by atomic mass is 28.5. The predicted octanol–water partition coefficient (Wildman–Crippen LogP) is 1.95. The predicted molar refractivity (Wildman–Crippen MR) is 202 cm³/mol. The summed E-state index contributed by atoms with van der Waals surface area (Å²) in [5.74, 6) is -1.01. The lowest BCUT2D eigenvalue weighted by Crippen LogP contribution is -2.66. The summed E-state index contributed by atoms with van der Waals surface area (Å²) in [5, 5.41) is 12.5. The van der Waals surface area contributed by atoms with Crippen molar-refractivity contribution >= 4 is 23.2 Å². The van der Waals surface area contributed by atoms with Crippen LogP contribution < -0.4 is 27.8 Å². The lowest BCUT2D eigenvalue weighted by molar-refractivity contribution is -0.200. The second kappa shape index (κ2) is 15.8. The summed E-state index contributed by atoms with van der Waals surface area (Å²) in [6, 6.07) is 1.16. The molecule has 4 N–H and O–H groups in total. The van der Waals surface area contributed by atoms with Crippen molar-refractivity contribution in [1.82, 2.24) is 24.4 Å². The molecule has 0 aliphatic carbocycles. The van der Waals surface area contributed by atoms with Gasteiger partial charge in [-0.25, -0.2) is 14.4 Å². The number of carbonyl (C=O) groups is 1. The smallest absolute Gasteiger partial charge is 0.407 e. The summed E-state index contributed by atoms with van der Waals surface area (Å²) in [5.41, 5.74) is -3.08. The molecule has 4 aliphatic heterocycles. The van der Waals surface area contributed by atoms with Crippen LogP contribution in [0.4, 0.5) is 4.79 Å². The number of aliphatic hydroxyl groups excluding tert-OH is 1. The van der Waals surface area contributed by atoms with Crippen molar-refractivity contribution in [3.8, 4) is 0 Å². The van der Waals surface area contributed by atoms with Crippen molar-refractivity contribution in [2.24, 2.45) is 0 Å². The number of hydrogen-bond acceptors (Lipinski definition) is 14. The summed E-state index contributed by atoms with van der Waals surface area (Å²) in [4.78, 5) is 69.5. The molecule has 56 heavy (non-hydrogen) atoms. The van der Waals surface area contributed by atoms with Gasteiger partial charge in [-0.3, -0.25) is 28.7 Å². The van der Waals surface area contributed by atoms with Crippen molar-refractivity contribution in [2.75, 3.05) is 13.2 Å². The van der Waals surface area contributed by atoms with Crippen molar-refractivity contribution in [3.63, 3.8) is 0 Å². The second-order valence-corrected chi connectivity index (χ2v) is 25.3. The Morgan fingerprint density at radius 2 is 1.52 bits per heavy atom. The first-order chi connectivity index (χ1) is 26.2. The number of alkyl carbamates (subject to hydrolysis) is 1. The van der Waals surface area contributed by atoms with Crippen LogP contribution in [0.1, 0.15) is 87.3 Å². The van der Waals surface area contributed by atoms with E-state index in [1.807, 2.05) is 27.7 Å². The van der Waals surface area contributed by atoms with Gasteiger partial charge in [0.15, 0.2) is 24.3 Å². The topological polar surface area (TPSA) is 233 Å². The van der Waals surface area contributed by atoms with Gasteiger partial charge < -0.3 is 47.1 Å². The summed E-state index contributed by atoms with van der Waals surface area (Å²) in [6.07, 6.45) is -6.10. The first-order valence-corrected chi connectivity index (χ1v) is 23.1. The van der Waals surface area contributed by atoms with Crippen molar-refractivity contribution in [2.45, 2.75) is 153 Å². The molecule has 4 aliphatic rings. The van der Waals surface area contributed by atoms with Gasteiger partial charge in [0.05, 0.1) is 25.3 Å². The van der Waals surface area contributed by atoms with Crippen molar-refractivity contribution < 1.29 is 46.6 Å². The first-order valence-electron chi connectivity index (χ1n) is 19.1. The van der Waals surface area contributed by atoms with E-state index in [1.165, 1.54) is 12.4 Å². The fourth-order valence-corrected chi connectivity index (χ4v) is 19.5. The van der Waals surface area contributed by atoms with E-state index in [-0.39, 0.29) is 34.3 Å². The number of amides is 1. The van der Waals surface area contributed by atoms with Gasteiger partial charge in [0.25, 0.3) is 11.1 Å². The minimum Gasteiger partial charge on any atom is -0.439 e. The molecule has 19 nitrogen and oxygen atoms in total. The van der Waals surface area contributed by atoms with E-state index in [0.29, 0.717) is 0 Å². The molecule has 4 fully saturated rings. The molecule has 21 heteroatoms. The fourth-order valence-electron chi connectivity index (χ4n) is 8.30. The summed E-state index contributed by atoms with van der Waals surface area (Å²) < 4.78 is 53.9. The van der Waals surface area contributed by atoms with E-state index >= 15 is 0 Å². The zero-order valence-corrected chi connectivity index (χ0v) is 35.4. The molecule has 0 bridgehead atoms. The fraction of sp³-hybridized carbons (Fsp3) is 0.743. The minimum absolute atomic E-state index is 0.0229. The Bertz CT molecular complexity index is 1980. The Morgan fingerprint density at radius 3 is 2.12 bits per heavy atom. The van der Waals surface area contributed by atoms with Gasteiger partial charge in [0, 0.05) is 18.5 Å². The van der Waals surface area contributed by atoms with Crippen molar-refractivity contribution in [3.05, 3.63) is 65.7 Å². The molecule has 0 saturated carbocycles. The summed E-state index contributed by atoms with van der Waals surface area (Å²) in [6.45, 7) is 19.1. The average molecular weight is 826 g/mol. The third kappa shape index (κ3) is 7.69. The summed E-state index contributed by atoms with van der Waals surface area (Å²) >= 11 is 0. The van der Waals surface area contributed by atoms with E-state index in [4.69, 9.17) is 36.7 Å². The van der Waals surface area contributed by atoms with Gasteiger partial charge in [-0.05, 0) is 36.0 Å². The molecule has 0 spiro atoms. The Morgan fingerprint density at radius 1 is 0.893 bits per heavy atom. The maximum Gasteiger partial charge on any atom is 0.407 e. The lowest BCUT2D eigenvalue weighted by atomic mass is 10.1. The van der Waals surface area contributed by atoms with Crippen LogP contribution in [0.15, 0.2) is 37.6 Å². The molecule has 0 aromatic carbocycles. The normalized spacial score (nSPS) is 30.7. The maximum atomic E-state index is 13.7. The molecule has 4 saturated heterocycles. The molecule has 8 atom stereocenters. The van der Waals surface area contributed by atoms with Crippen LogP contribution in [-0.2, 0) is 43.2 Å². The van der Waals surface area contributed by atoms with Gasteiger partial charge >= 0.3 is 34.6 Å². The maximum absolute atomic E-state index is 13.7. The molecular formula is C35H55N5O14Si2. The van der Waals surface area contributed by atoms with E-state index in [2.05, 4.69) is 43.0 Å². The van der Waals surface area contributed by atoms with Crippen LogP contribution in [0.2, 0.25) is 22.2 Å². The number of H-pyrrole nitrogens is 2. The van der Waals surface area contributed by atoms with Crippen LogP contribution in [0.3, 0.4) is 0 Å². The van der Waals surface area contributed by atoms with E-state index in [9.17, 15) is 29.1 Å². The van der Waals surface area contributed by atoms with Crippen LogP contribution in [-0.4, -0.2) is 103 Å². The number of ether oxygens (including phenoxy) is 5. The van der Waals surface area contributed by atoms with Crippen LogP contribution in [0, 0.1) is 0 Å². The molecular weight excluding hydrogens is 771 g/mol. The molecule has 2 aromatic rings. The van der Waals surface area contributed by atoms with Crippen LogP contribution >= 0.6 is 0 Å². The number of nitrogens with zero attached hydrogens (tertiary/aromatic N) is 2. The average Bonchev–Trinajstić information content (AvgIpc) is 3.71. The lowest BCUT2D eigenvalue weighted by Gasteiger charge is -2.51. The third-order valence-electron chi connectivity index (χ3n) is 11.0. The van der Waals surface area contributed by atoms with Crippen LogP contribution in [0.5, 0.6) is 0 Å². The Balaban J connectivity index is 1.31. The Labute approximate surface area is 325 Å².